The van der Waals surface area contributed by atoms with Crippen molar-refractivity contribution < 1.29 is 26.2 Å². The van der Waals surface area contributed by atoms with Gasteiger partial charge in [-0.2, -0.15) is 0 Å². The molecule has 0 bridgehead atoms. The van der Waals surface area contributed by atoms with Gasteiger partial charge >= 0.3 is 314 Å². The number of aryl methyl sites for hydroxylation is 4. The smallest absolute Gasteiger partial charge is 0.147 e. The largest absolute Gasteiger partial charge is 0.147 e. The number of hydrogen-bond donors (Lipinski definition) is 0. The van der Waals surface area contributed by atoms with Crippen LogP contribution in [0.2, 0.25) is 9.26 Å². The summed E-state index contributed by atoms with van der Waals surface area (Å²) in [5.74, 6) is 3.91. The van der Waals surface area contributed by atoms with E-state index < -0.39 is 17.4 Å². The van der Waals surface area contributed by atoms with E-state index >= 15 is 0 Å². The monoisotopic (exact) mass is 848 g/mol. The first-order valence-corrected chi connectivity index (χ1v) is 32.7. The summed E-state index contributed by atoms with van der Waals surface area (Å²) in [5, 5.41) is 0. The second-order valence-corrected chi connectivity index (χ2v) is 46.8. The molecule has 0 amide bonds. The van der Waals surface area contributed by atoms with Gasteiger partial charge in [-0.05, 0) is 0 Å². The van der Waals surface area contributed by atoms with Crippen LogP contribution in [-0.2, 0) is 30.2 Å². The second-order valence-electron chi connectivity index (χ2n) is 16.4. The minimum Gasteiger partial charge on any atom is -0.147 e. The van der Waals surface area contributed by atoms with E-state index in [2.05, 4.69) is 167 Å². The van der Waals surface area contributed by atoms with Crippen molar-refractivity contribution in [1.29, 1.82) is 0 Å². The van der Waals surface area contributed by atoms with E-state index in [0.29, 0.717) is 0 Å². The van der Waals surface area contributed by atoms with Crippen LogP contribution in [0.1, 0.15) is 88.6 Å². The third kappa shape index (κ3) is 6.46. The fourth-order valence-electron chi connectivity index (χ4n) is 10.0. The van der Waals surface area contributed by atoms with E-state index in [-0.39, 0.29) is 32.1 Å². The molecular weight excluding hydrogens is 799 g/mol. The van der Waals surface area contributed by atoms with Crippen LogP contribution >= 0.6 is 24.8 Å². The van der Waals surface area contributed by atoms with Gasteiger partial charge in [-0.15, -0.1) is 24.8 Å². The third-order valence-electron chi connectivity index (χ3n) is 12.1. The molecule has 6 aromatic rings. The predicted molar refractivity (Wildman–Crippen MR) is 235 cm³/mol. The topological polar surface area (TPSA) is 26.3 Å². The third-order valence-corrected chi connectivity index (χ3v) is 29.3. The number of rotatable bonds is 8. The molecule has 278 valence electrons. The average Bonchev–Trinajstić information content (AvgIpc) is 3.92. The fraction of sp³-hybridized carbons (Fsp3) is 0.250. The molecule has 6 heteroatoms. The number of furan rings is 2. The number of allylic oxidation sites excluding steroid dienone is 2. The van der Waals surface area contributed by atoms with Gasteiger partial charge in [-0.25, -0.2) is 0 Å². The van der Waals surface area contributed by atoms with Gasteiger partial charge in [0.25, 0.3) is 0 Å². The van der Waals surface area contributed by atoms with Gasteiger partial charge in [0.2, 0.25) is 0 Å². The molecule has 4 aromatic carbocycles. The summed E-state index contributed by atoms with van der Waals surface area (Å²) in [5.41, 5.74) is 19.3. The van der Waals surface area contributed by atoms with Crippen LogP contribution in [-0.4, -0.2) is 6.88 Å². The first kappa shape index (κ1) is 40.3. The maximum Gasteiger partial charge on any atom is -0.147 e. The minimum atomic E-state index is -4.21. The molecule has 0 N–H and O–H groups in total. The molecule has 0 aliphatic heterocycles. The molecular formula is C48H52Cl2O2SiZr. The van der Waals surface area contributed by atoms with Crippen molar-refractivity contribution in [3.8, 4) is 22.3 Å². The minimum absolute atomic E-state index is 0. The summed E-state index contributed by atoms with van der Waals surface area (Å²) < 4.78 is 19.1. The van der Waals surface area contributed by atoms with E-state index in [4.69, 9.17) is 8.83 Å². The van der Waals surface area contributed by atoms with Crippen LogP contribution in [0.25, 0.3) is 45.6 Å². The molecule has 2 aliphatic rings. The van der Waals surface area contributed by atoms with Crippen LogP contribution in [0, 0.1) is 27.7 Å². The van der Waals surface area contributed by atoms with Crippen LogP contribution in [0.3, 0.4) is 0 Å². The van der Waals surface area contributed by atoms with Gasteiger partial charge in [-0.3, -0.25) is 0 Å². The summed E-state index contributed by atoms with van der Waals surface area (Å²) in [6, 6.07) is 35.9. The van der Waals surface area contributed by atoms with Gasteiger partial charge in [0, 0.05) is 0 Å². The Hall–Kier alpha value is -3.40. The van der Waals surface area contributed by atoms with E-state index in [1.165, 1.54) is 77.9 Å². The first-order valence-electron chi connectivity index (χ1n) is 19.0. The predicted octanol–water partition coefficient (Wildman–Crippen LogP) is 13.6. The summed E-state index contributed by atoms with van der Waals surface area (Å²) in [7, 11) is 0. The second kappa shape index (κ2) is 14.9. The number of hydrogen-bond acceptors (Lipinski definition) is 2. The number of halogens is 2. The Labute approximate surface area is 336 Å². The van der Waals surface area contributed by atoms with Crippen molar-refractivity contribution in [2.75, 3.05) is 0 Å². The Morgan fingerprint density at radius 2 is 0.926 bits per heavy atom. The Kier molecular flexibility index (Phi) is 11.1. The fourth-order valence-corrected chi connectivity index (χ4v) is 28.4. The molecule has 2 aliphatic carbocycles. The zero-order chi connectivity index (χ0) is 36.6. The molecule has 2 unspecified atom stereocenters. The maximum atomic E-state index is 6.61. The van der Waals surface area contributed by atoms with Gasteiger partial charge in [-0.1, -0.05) is 0 Å². The van der Waals surface area contributed by atoms with E-state index in [0.717, 1.165) is 35.9 Å². The number of benzene rings is 4. The van der Waals surface area contributed by atoms with Crippen molar-refractivity contribution in [2.24, 2.45) is 0 Å². The van der Waals surface area contributed by atoms with Crippen LogP contribution in [0.5, 0.6) is 0 Å². The van der Waals surface area contributed by atoms with Crippen molar-refractivity contribution in [3.63, 3.8) is 0 Å². The molecule has 2 aromatic heterocycles. The number of fused-ring (bicyclic) bond motifs is 2. The summed E-state index contributed by atoms with van der Waals surface area (Å²) >= 11 is -4.21. The normalized spacial score (nSPS) is 16.2. The summed E-state index contributed by atoms with van der Waals surface area (Å²) in [4.78, 5) is 0. The molecule has 0 saturated heterocycles. The molecule has 2 nitrogen and oxygen atoms in total. The van der Waals surface area contributed by atoms with E-state index in [1.54, 1.807) is 0 Å². The van der Waals surface area contributed by atoms with Crippen LogP contribution in [0.15, 0.2) is 106 Å². The first-order chi connectivity index (χ1) is 24.9. The molecule has 8 rings (SSSR count). The van der Waals surface area contributed by atoms with Gasteiger partial charge in [0.05, 0.1) is 0 Å². The van der Waals surface area contributed by atoms with E-state index in [9.17, 15) is 0 Å². The Morgan fingerprint density at radius 3 is 1.24 bits per heavy atom. The van der Waals surface area contributed by atoms with Crippen molar-refractivity contribution >= 4 is 55.0 Å². The van der Waals surface area contributed by atoms with Crippen molar-refractivity contribution in [1.82, 2.24) is 0 Å². The van der Waals surface area contributed by atoms with Crippen LogP contribution in [0.4, 0.5) is 0 Å². The SMILES string of the molecule is CCc1c(C)cc2c(c1-c1ccccc1)C=C(c1ccc(C)o1)[CH]2[Zr]([CH3])([CH3])(=[SiH2])[CH]1C(c2ccc(C)o2)=Cc2c1cc(C)c(CC)c2-c1ccccc1.Cl.Cl. The van der Waals surface area contributed by atoms with E-state index in [1.807, 2.05) is 0 Å². The van der Waals surface area contributed by atoms with Crippen molar-refractivity contribution in [3.05, 3.63) is 165 Å². The Balaban J connectivity index is 0.00000249. The molecule has 54 heavy (non-hydrogen) atoms. The van der Waals surface area contributed by atoms with Gasteiger partial charge in [0.1, 0.15) is 0 Å². The zero-order valence-corrected chi connectivity index (χ0v) is 38.3. The van der Waals surface area contributed by atoms with Crippen molar-refractivity contribution in [2.45, 2.75) is 70.9 Å². The van der Waals surface area contributed by atoms with Gasteiger partial charge < -0.3 is 0 Å². The zero-order valence-electron chi connectivity index (χ0n) is 32.8. The average molecular weight is 851 g/mol. The van der Waals surface area contributed by atoms with Gasteiger partial charge in [0.15, 0.2) is 0 Å². The molecule has 0 radical (unpaired) electrons. The summed E-state index contributed by atoms with van der Waals surface area (Å²) in [6.07, 6.45) is 7.01. The van der Waals surface area contributed by atoms with Crippen LogP contribution < -0.4 is 0 Å². The quantitative estimate of drug-likeness (QED) is 0.143. The molecule has 0 fully saturated rings. The molecule has 2 atom stereocenters. The Bertz CT molecular complexity index is 2340. The standard InChI is InChI=1S/2C23H21O.2CH3.2ClH.H2Si.Zr/c2*1-4-20-15(2)12-18-13-19(22-11-10-16(3)24-22)14-21(18)23(20)17-8-6-5-7-9-17;;;;;;/h2*5-14H,4H2,1-3H3;2*1H3;2*1H;1H2;. The summed E-state index contributed by atoms with van der Waals surface area (Å²) in [6.45, 7) is 15.8. The molecule has 0 saturated carbocycles. The molecule has 0 spiro atoms. The Morgan fingerprint density at radius 1 is 0.556 bits per heavy atom. The molecule has 2 heterocycles. The maximum absolute atomic E-state index is 6.61.